The fourth-order valence-corrected chi connectivity index (χ4v) is 5.77. The molecule has 2 heterocycles. The summed E-state index contributed by atoms with van der Waals surface area (Å²) in [5.74, 6) is -0.978. The summed E-state index contributed by atoms with van der Waals surface area (Å²) in [4.78, 5) is 18.6. The van der Waals surface area contributed by atoms with Crippen molar-refractivity contribution in [1.82, 2.24) is 14.1 Å². The second-order valence-electron chi connectivity index (χ2n) is 8.10. The van der Waals surface area contributed by atoms with E-state index in [9.17, 15) is 22.0 Å². The van der Waals surface area contributed by atoms with E-state index in [4.69, 9.17) is 11.6 Å². The lowest BCUT2D eigenvalue weighted by molar-refractivity contribution is -0.133. The van der Waals surface area contributed by atoms with Crippen LogP contribution in [0.15, 0.2) is 47.4 Å². The van der Waals surface area contributed by atoms with E-state index < -0.39 is 15.8 Å². The monoisotopic (exact) mass is 498 g/mol. The molecule has 0 aromatic heterocycles. The average Bonchev–Trinajstić information content (AvgIpc) is 2.82. The lowest BCUT2D eigenvalue weighted by Gasteiger charge is -2.38. The second-order valence-corrected chi connectivity index (χ2v) is 10.4. The third-order valence-corrected chi connectivity index (χ3v) is 8.23. The molecule has 2 aliphatic rings. The Kier molecular flexibility index (Phi) is 7.18. The van der Waals surface area contributed by atoms with Crippen molar-refractivity contribution >= 4 is 33.2 Å². The molecule has 2 aromatic rings. The number of hydrogen-bond donors (Lipinski definition) is 0. The van der Waals surface area contributed by atoms with E-state index in [0.29, 0.717) is 26.2 Å². The van der Waals surface area contributed by atoms with Gasteiger partial charge in [0.25, 0.3) is 0 Å². The number of carbonyl (C=O) groups is 1. The third kappa shape index (κ3) is 5.46. The number of piperazine rings is 2. The maximum atomic E-state index is 13.4. The minimum absolute atomic E-state index is 0.0351. The number of benzene rings is 2. The number of rotatable bonds is 5. The van der Waals surface area contributed by atoms with E-state index in [2.05, 4.69) is 9.80 Å². The van der Waals surface area contributed by atoms with Crippen LogP contribution in [0.2, 0.25) is 5.02 Å². The molecule has 0 spiro atoms. The molecule has 2 fully saturated rings. The van der Waals surface area contributed by atoms with E-state index in [1.807, 2.05) is 0 Å². The first-order valence-corrected chi connectivity index (χ1v) is 12.5. The van der Waals surface area contributed by atoms with E-state index in [-0.39, 0.29) is 41.3 Å². The smallest absolute Gasteiger partial charge is 0.243 e. The van der Waals surface area contributed by atoms with Crippen LogP contribution in [-0.2, 0) is 14.8 Å². The van der Waals surface area contributed by atoms with Crippen LogP contribution >= 0.6 is 11.6 Å². The molecule has 0 aliphatic carbocycles. The Morgan fingerprint density at radius 3 is 2.12 bits per heavy atom. The van der Waals surface area contributed by atoms with Crippen LogP contribution in [0.5, 0.6) is 0 Å². The van der Waals surface area contributed by atoms with Crippen LogP contribution in [0.4, 0.5) is 14.5 Å². The molecule has 0 atom stereocenters. The van der Waals surface area contributed by atoms with Crippen molar-refractivity contribution in [3.05, 3.63) is 59.1 Å². The maximum absolute atomic E-state index is 13.4. The molecule has 4 rings (SSSR count). The summed E-state index contributed by atoms with van der Waals surface area (Å²) in [6.45, 7) is 4.10. The van der Waals surface area contributed by atoms with Crippen LogP contribution in [0, 0.1) is 11.6 Å². The van der Waals surface area contributed by atoms with Gasteiger partial charge in [0, 0.05) is 58.0 Å². The molecule has 7 nitrogen and oxygen atoms in total. The first-order chi connectivity index (χ1) is 15.7. The number of carbonyl (C=O) groups excluding carboxylic acids is 1. The van der Waals surface area contributed by atoms with Crippen molar-refractivity contribution in [2.24, 2.45) is 0 Å². The summed E-state index contributed by atoms with van der Waals surface area (Å²) < 4.78 is 53.4. The van der Waals surface area contributed by atoms with Crippen molar-refractivity contribution in [3.63, 3.8) is 0 Å². The van der Waals surface area contributed by atoms with Crippen LogP contribution in [0.25, 0.3) is 0 Å². The molecular weight excluding hydrogens is 474 g/mol. The van der Waals surface area contributed by atoms with E-state index in [0.717, 1.165) is 30.9 Å². The van der Waals surface area contributed by atoms with Gasteiger partial charge in [-0.3, -0.25) is 9.69 Å². The minimum Gasteiger partial charge on any atom is -0.369 e. The zero-order valence-corrected chi connectivity index (χ0v) is 19.5. The molecule has 33 heavy (non-hydrogen) atoms. The highest BCUT2D eigenvalue weighted by molar-refractivity contribution is 7.89. The standard InChI is InChI=1S/C22H25ClF2N4O3S/c23-20-15-19(5-6-21(20)25)33(31,32)29-13-11-28(12-14-29)22(30)16-26-7-9-27(10-8-26)18-3-1-17(24)2-4-18/h1-6,15H,7-14,16H2. The van der Waals surface area contributed by atoms with Crippen molar-refractivity contribution < 1.29 is 22.0 Å². The summed E-state index contributed by atoms with van der Waals surface area (Å²) in [5, 5.41) is -0.246. The molecule has 11 heteroatoms. The Labute approximate surface area is 197 Å². The number of nitrogens with zero attached hydrogens (tertiary/aromatic N) is 4. The number of sulfonamides is 1. The van der Waals surface area contributed by atoms with Gasteiger partial charge in [-0.1, -0.05) is 11.6 Å². The highest BCUT2D eigenvalue weighted by Gasteiger charge is 2.31. The zero-order chi connectivity index (χ0) is 23.6. The van der Waals surface area contributed by atoms with Gasteiger partial charge >= 0.3 is 0 Å². The Hall–Kier alpha value is -2.27. The maximum Gasteiger partial charge on any atom is 0.243 e. The van der Waals surface area contributed by atoms with E-state index in [1.165, 1.54) is 22.5 Å². The topological polar surface area (TPSA) is 64.2 Å². The van der Waals surface area contributed by atoms with Gasteiger partial charge in [-0.2, -0.15) is 4.31 Å². The highest BCUT2D eigenvalue weighted by Crippen LogP contribution is 2.23. The van der Waals surface area contributed by atoms with Gasteiger partial charge in [0.15, 0.2) is 0 Å². The zero-order valence-electron chi connectivity index (χ0n) is 18.0. The molecule has 0 unspecified atom stereocenters. The van der Waals surface area contributed by atoms with Crippen LogP contribution in [0.3, 0.4) is 0 Å². The Morgan fingerprint density at radius 2 is 1.52 bits per heavy atom. The predicted octanol–water partition coefficient (Wildman–Crippen LogP) is 2.27. The van der Waals surface area contributed by atoms with Crippen molar-refractivity contribution in [3.8, 4) is 0 Å². The van der Waals surface area contributed by atoms with Gasteiger partial charge in [-0.25, -0.2) is 17.2 Å². The fourth-order valence-electron chi connectivity index (χ4n) is 4.07. The van der Waals surface area contributed by atoms with Crippen LogP contribution in [-0.4, -0.2) is 87.3 Å². The molecule has 0 saturated carbocycles. The lowest BCUT2D eigenvalue weighted by Crippen LogP contribution is -2.54. The van der Waals surface area contributed by atoms with Gasteiger partial charge in [0.2, 0.25) is 15.9 Å². The summed E-state index contributed by atoms with van der Waals surface area (Å²) in [6.07, 6.45) is 0. The molecule has 0 bridgehead atoms. The molecule has 0 N–H and O–H groups in total. The highest BCUT2D eigenvalue weighted by atomic mass is 35.5. The van der Waals surface area contributed by atoms with Crippen molar-refractivity contribution in [2.45, 2.75) is 4.90 Å². The quantitative estimate of drug-likeness (QED) is 0.633. The molecule has 2 aliphatic heterocycles. The largest absolute Gasteiger partial charge is 0.369 e. The molecule has 178 valence electrons. The Morgan fingerprint density at radius 1 is 0.879 bits per heavy atom. The van der Waals surface area contributed by atoms with Gasteiger partial charge in [0.05, 0.1) is 16.5 Å². The van der Waals surface area contributed by atoms with Crippen LogP contribution in [0.1, 0.15) is 0 Å². The predicted molar refractivity (Wildman–Crippen MR) is 122 cm³/mol. The number of halogens is 3. The average molecular weight is 499 g/mol. The summed E-state index contributed by atoms with van der Waals surface area (Å²) in [5.41, 5.74) is 0.960. The van der Waals surface area contributed by atoms with Gasteiger partial charge < -0.3 is 9.80 Å². The van der Waals surface area contributed by atoms with Gasteiger partial charge in [0.1, 0.15) is 11.6 Å². The molecular formula is C22H25ClF2N4O3S. The third-order valence-electron chi connectivity index (χ3n) is 6.04. The summed E-state index contributed by atoms with van der Waals surface area (Å²) >= 11 is 5.73. The minimum atomic E-state index is -3.81. The van der Waals surface area contributed by atoms with Gasteiger partial charge in [-0.15, -0.1) is 0 Å². The summed E-state index contributed by atoms with van der Waals surface area (Å²) in [6, 6.07) is 9.72. The number of amides is 1. The van der Waals surface area contributed by atoms with E-state index >= 15 is 0 Å². The van der Waals surface area contributed by atoms with Gasteiger partial charge in [-0.05, 0) is 42.5 Å². The lowest BCUT2D eigenvalue weighted by atomic mass is 10.2. The first kappa shape index (κ1) is 23.9. The molecule has 2 aromatic carbocycles. The van der Waals surface area contributed by atoms with Crippen molar-refractivity contribution in [2.75, 3.05) is 63.8 Å². The SMILES string of the molecule is O=C(CN1CCN(c2ccc(F)cc2)CC1)N1CCN(S(=O)(=O)c2ccc(F)c(Cl)c2)CC1. The van der Waals surface area contributed by atoms with Crippen LogP contribution < -0.4 is 4.90 Å². The Balaban J connectivity index is 1.26. The first-order valence-electron chi connectivity index (χ1n) is 10.7. The Bertz CT molecular complexity index is 1100. The number of hydrogen-bond acceptors (Lipinski definition) is 5. The normalized spacial score (nSPS) is 18.5. The molecule has 0 radical (unpaired) electrons. The number of anilines is 1. The summed E-state index contributed by atoms with van der Waals surface area (Å²) in [7, 11) is -3.81. The molecule has 2 saturated heterocycles. The van der Waals surface area contributed by atoms with Crippen molar-refractivity contribution in [1.29, 1.82) is 0 Å². The fraction of sp³-hybridized carbons (Fsp3) is 0.409. The van der Waals surface area contributed by atoms with E-state index in [1.54, 1.807) is 17.0 Å². The second kappa shape index (κ2) is 9.92. The molecule has 1 amide bonds.